The fraction of sp³-hybridized carbons (Fsp3) is 1.00. The van der Waals surface area contributed by atoms with Gasteiger partial charge in [-0.1, -0.05) is 35.6 Å². The molecule has 0 bridgehead atoms. The average molecular weight is 262 g/mol. The van der Waals surface area contributed by atoms with Crippen molar-refractivity contribution in [3.8, 4) is 0 Å². The molecule has 1 aliphatic carbocycles. The highest BCUT2D eigenvalue weighted by atomic mass is 79.9. The fourth-order valence-electron chi connectivity index (χ4n) is 1.31. The lowest BCUT2D eigenvalue weighted by molar-refractivity contribution is 1.28. The first kappa shape index (κ1) is 9.37. The molecule has 0 heterocycles. The van der Waals surface area contributed by atoms with E-state index in [0.717, 1.165) is 0 Å². The molecule has 0 amide bonds. The van der Waals surface area contributed by atoms with Gasteiger partial charge in [-0.05, 0) is 0 Å². The molecule has 0 nitrogen and oxygen atoms in total. The highest BCUT2D eigenvalue weighted by molar-refractivity contribution is 9.10. The smallest absolute Gasteiger partial charge is 0.100 e. The number of hydrogen-bond donors (Lipinski definition) is 0. The highest BCUT2D eigenvalue weighted by Crippen LogP contribution is 2.66. The first-order valence-electron chi connectivity index (χ1n) is 3.30. The molecule has 0 saturated heterocycles. The summed E-state index contributed by atoms with van der Waals surface area (Å²) in [5.74, 6) is 0. The summed E-state index contributed by atoms with van der Waals surface area (Å²) in [5, 5.41) is 0. The van der Waals surface area contributed by atoms with E-state index >= 15 is 0 Å². The SMILES string of the molecule is C[Si](C)(C)[C@@H]1[C@H](Br)C1(Cl)Cl. The molecule has 1 rings (SSSR count). The molecule has 0 aromatic rings. The van der Waals surface area contributed by atoms with Gasteiger partial charge in [0.2, 0.25) is 0 Å². The van der Waals surface area contributed by atoms with Crippen LogP contribution in [0.5, 0.6) is 0 Å². The number of rotatable bonds is 1. The summed E-state index contributed by atoms with van der Waals surface area (Å²) in [6.07, 6.45) is 0. The Morgan fingerprint density at radius 2 is 1.60 bits per heavy atom. The van der Waals surface area contributed by atoms with Crippen LogP contribution in [0, 0.1) is 0 Å². The lowest BCUT2D eigenvalue weighted by Gasteiger charge is -2.15. The summed E-state index contributed by atoms with van der Waals surface area (Å²) in [4.78, 5) is 0.329. The number of halogens is 3. The molecule has 0 aliphatic heterocycles. The van der Waals surface area contributed by atoms with Gasteiger partial charge < -0.3 is 0 Å². The summed E-state index contributed by atoms with van der Waals surface area (Å²) in [7, 11) is -1.13. The maximum Gasteiger partial charge on any atom is 0.132 e. The van der Waals surface area contributed by atoms with E-state index in [-0.39, 0.29) is 0 Å². The van der Waals surface area contributed by atoms with E-state index in [1.54, 1.807) is 0 Å². The normalized spacial score (nSPS) is 37.8. The van der Waals surface area contributed by atoms with E-state index in [2.05, 4.69) is 35.6 Å². The third-order valence-electron chi connectivity index (χ3n) is 1.90. The summed E-state index contributed by atoms with van der Waals surface area (Å²) in [6.45, 7) is 6.87. The number of hydrogen-bond acceptors (Lipinski definition) is 0. The Kier molecular flexibility index (Phi) is 2.23. The molecule has 10 heavy (non-hydrogen) atoms. The Hall–Kier alpha value is 1.28. The first-order chi connectivity index (χ1) is 4.28. The van der Waals surface area contributed by atoms with Crippen LogP contribution in [0.1, 0.15) is 0 Å². The van der Waals surface area contributed by atoms with Crippen molar-refractivity contribution in [3.63, 3.8) is 0 Å². The fourth-order valence-corrected chi connectivity index (χ4v) is 9.71. The zero-order valence-electron chi connectivity index (χ0n) is 6.29. The van der Waals surface area contributed by atoms with Crippen molar-refractivity contribution in [3.05, 3.63) is 0 Å². The molecule has 0 spiro atoms. The van der Waals surface area contributed by atoms with Gasteiger partial charge in [0.1, 0.15) is 4.33 Å². The summed E-state index contributed by atoms with van der Waals surface area (Å²) >= 11 is 15.5. The van der Waals surface area contributed by atoms with E-state index in [0.29, 0.717) is 10.4 Å². The maximum atomic E-state index is 6.00. The monoisotopic (exact) mass is 260 g/mol. The van der Waals surface area contributed by atoms with Crippen molar-refractivity contribution >= 4 is 47.2 Å². The van der Waals surface area contributed by atoms with Gasteiger partial charge in [-0.15, -0.1) is 23.2 Å². The van der Waals surface area contributed by atoms with Gasteiger partial charge in [0, 0.05) is 5.54 Å². The molecule has 0 unspecified atom stereocenters. The van der Waals surface area contributed by atoms with Crippen molar-refractivity contribution in [2.75, 3.05) is 0 Å². The van der Waals surface area contributed by atoms with Crippen LogP contribution in [-0.2, 0) is 0 Å². The van der Waals surface area contributed by atoms with Crippen LogP contribution in [0.3, 0.4) is 0 Å². The second kappa shape index (κ2) is 2.38. The Morgan fingerprint density at radius 1 is 1.30 bits per heavy atom. The van der Waals surface area contributed by atoms with Gasteiger partial charge >= 0.3 is 0 Å². The van der Waals surface area contributed by atoms with Crippen LogP contribution in [0.2, 0.25) is 25.2 Å². The van der Waals surface area contributed by atoms with Crippen molar-refractivity contribution in [2.24, 2.45) is 0 Å². The average Bonchev–Trinajstić information content (AvgIpc) is 2.03. The molecule has 0 N–H and O–H groups in total. The van der Waals surface area contributed by atoms with E-state index in [4.69, 9.17) is 23.2 Å². The van der Waals surface area contributed by atoms with Crippen molar-refractivity contribution in [1.29, 1.82) is 0 Å². The molecule has 2 atom stereocenters. The van der Waals surface area contributed by atoms with E-state index in [9.17, 15) is 0 Å². The van der Waals surface area contributed by atoms with Crippen molar-refractivity contribution in [2.45, 2.75) is 34.3 Å². The Morgan fingerprint density at radius 3 is 1.60 bits per heavy atom. The molecule has 0 aromatic heterocycles. The minimum Gasteiger partial charge on any atom is -0.100 e. The van der Waals surface area contributed by atoms with Gasteiger partial charge in [0.15, 0.2) is 0 Å². The molecule has 0 radical (unpaired) electrons. The Labute approximate surface area is 81.4 Å². The lowest BCUT2D eigenvalue weighted by Crippen LogP contribution is -2.22. The summed E-state index contributed by atoms with van der Waals surface area (Å²) in [5.41, 5.74) is 0.517. The third kappa shape index (κ3) is 1.40. The first-order valence-corrected chi connectivity index (χ1v) is 8.54. The molecular weight excluding hydrogens is 251 g/mol. The van der Waals surface area contributed by atoms with Gasteiger partial charge in [-0.3, -0.25) is 0 Å². The van der Waals surface area contributed by atoms with Crippen LogP contribution < -0.4 is 0 Å². The minimum atomic E-state index is -1.13. The Bertz CT molecular complexity index is 142. The standard InChI is InChI=1S/C6H11BrCl2Si/c1-10(2,3)5-4(7)6(5,8)9/h4-5H,1-3H3/t4-,5+/m0/s1. The molecule has 1 fully saturated rings. The molecule has 0 aromatic carbocycles. The summed E-state index contributed by atoms with van der Waals surface area (Å²) < 4.78 is -0.468. The quantitative estimate of drug-likeness (QED) is 0.500. The minimum absolute atomic E-state index is 0.329. The molecule has 1 saturated carbocycles. The van der Waals surface area contributed by atoms with Crippen LogP contribution in [-0.4, -0.2) is 17.2 Å². The van der Waals surface area contributed by atoms with Crippen LogP contribution in [0.4, 0.5) is 0 Å². The van der Waals surface area contributed by atoms with Gasteiger partial charge in [0.25, 0.3) is 0 Å². The number of alkyl halides is 3. The largest absolute Gasteiger partial charge is 0.132 e. The second-order valence-electron chi connectivity index (χ2n) is 3.92. The van der Waals surface area contributed by atoms with Crippen LogP contribution >= 0.6 is 39.1 Å². The van der Waals surface area contributed by atoms with Gasteiger partial charge in [-0.2, -0.15) is 0 Å². The van der Waals surface area contributed by atoms with Crippen molar-refractivity contribution in [1.82, 2.24) is 0 Å². The zero-order valence-corrected chi connectivity index (χ0v) is 10.4. The summed E-state index contributed by atoms with van der Waals surface area (Å²) in [6, 6.07) is 0. The van der Waals surface area contributed by atoms with Crippen LogP contribution in [0.25, 0.3) is 0 Å². The third-order valence-corrected chi connectivity index (χ3v) is 8.13. The van der Waals surface area contributed by atoms with E-state index in [1.807, 2.05) is 0 Å². The van der Waals surface area contributed by atoms with E-state index in [1.165, 1.54) is 0 Å². The van der Waals surface area contributed by atoms with Crippen molar-refractivity contribution < 1.29 is 0 Å². The topological polar surface area (TPSA) is 0 Å². The highest BCUT2D eigenvalue weighted by Gasteiger charge is 2.66. The molecule has 1 aliphatic rings. The molecule has 4 heteroatoms. The predicted molar refractivity (Wildman–Crippen MR) is 54.2 cm³/mol. The predicted octanol–water partition coefficient (Wildman–Crippen LogP) is 3.65. The van der Waals surface area contributed by atoms with Gasteiger partial charge in [0.05, 0.1) is 12.9 Å². The molecular formula is C6H11BrCl2Si. The zero-order chi connectivity index (χ0) is 8.15. The van der Waals surface area contributed by atoms with Crippen LogP contribution in [0.15, 0.2) is 0 Å². The van der Waals surface area contributed by atoms with E-state index < -0.39 is 12.4 Å². The molecule has 60 valence electrons. The lowest BCUT2D eigenvalue weighted by atomic mass is 10.9. The Balaban J connectivity index is 2.66. The second-order valence-corrected chi connectivity index (χ2v) is 11.7. The van der Waals surface area contributed by atoms with Gasteiger partial charge in [-0.25, -0.2) is 0 Å². The maximum absolute atomic E-state index is 6.00.